The molecular formula is C15H17N3O3. The predicted octanol–water partition coefficient (Wildman–Crippen LogP) is 2.03. The lowest BCUT2D eigenvalue weighted by molar-refractivity contribution is 0.0694. The fourth-order valence-corrected chi connectivity index (χ4v) is 2.06. The Kier molecular flexibility index (Phi) is 4.84. The summed E-state index contributed by atoms with van der Waals surface area (Å²) >= 11 is 0. The number of ether oxygens (including phenoxy) is 1. The van der Waals surface area contributed by atoms with Crippen molar-refractivity contribution in [2.45, 2.75) is 19.5 Å². The van der Waals surface area contributed by atoms with Crippen LogP contribution >= 0.6 is 0 Å². The average Bonchev–Trinajstić information content (AvgIpc) is 2.52. The summed E-state index contributed by atoms with van der Waals surface area (Å²) in [5.74, 6) is -0.240. The van der Waals surface area contributed by atoms with E-state index < -0.39 is 5.97 Å². The van der Waals surface area contributed by atoms with Gasteiger partial charge in [0.05, 0.1) is 12.8 Å². The third-order valence-corrected chi connectivity index (χ3v) is 3.21. The molecule has 2 N–H and O–H groups in total. The lowest BCUT2D eigenvalue weighted by Crippen LogP contribution is -2.21. The molecule has 0 fully saturated rings. The molecule has 0 aliphatic heterocycles. The Morgan fingerprint density at radius 3 is 2.90 bits per heavy atom. The quantitative estimate of drug-likeness (QED) is 0.845. The summed E-state index contributed by atoms with van der Waals surface area (Å²) in [5.41, 5.74) is 1.57. The van der Waals surface area contributed by atoms with Gasteiger partial charge in [-0.2, -0.15) is 0 Å². The number of benzene rings is 1. The minimum atomic E-state index is -1.03. The summed E-state index contributed by atoms with van der Waals surface area (Å²) < 4.78 is 5.32. The maximum atomic E-state index is 11.1. The van der Waals surface area contributed by atoms with E-state index in [1.54, 1.807) is 7.11 Å². The Labute approximate surface area is 122 Å². The van der Waals surface area contributed by atoms with Crippen molar-refractivity contribution >= 4 is 5.97 Å². The maximum absolute atomic E-state index is 11.1. The van der Waals surface area contributed by atoms with E-state index in [0.717, 1.165) is 11.3 Å². The molecule has 1 heterocycles. The first-order valence-corrected chi connectivity index (χ1v) is 6.52. The van der Waals surface area contributed by atoms with Crippen molar-refractivity contribution in [2.24, 2.45) is 0 Å². The fraction of sp³-hybridized carbons (Fsp3) is 0.267. The zero-order chi connectivity index (χ0) is 15.2. The molecule has 0 saturated carbocycles. The highest BCUT2D eigenvalue weighted by atomic mass is 16.5. The smallest absolute Gasteiger partial charge is 0.339 e. The first kappa shape index (κ1) is 14.9. The number of para-hydroxylation sites is 1. The highest BCUT2D eigenvalue weighted by Crippen LogP contribution is 2.24. The van der Waals surface area contributed by atoms with Crippen LogP contribution in [0.2, 0.25) is 0 Å². The third-order valence-electron chi connectivity index (χ3n) is 3.21. The van der Waals surface area contributed by atoms with Crippen molar-refractivity contribution in [3.8, 4) is 5.75 Å². The highest BCUT2D eigenvalue weighted by molar-refractivity contribution is 5.88. The third kappa shape index (κ3) is 3.55. The largest absolute Gasteiger partial charge is 0.496 e. The number of methoxy groups -OCH3 is 1. The van der Waals surface area contributed by atoms with Crippen LogP contribution in [-0.2, 0) is 6.54 Å². The molecule has 0 saturated heterocycles. The molecule has 0 aliphatic carbocycles. The van der Waals surface area contributed by atoms with Gasteiger partial charge in [-0.15, -0.1) is 0 Å². The number of aromatic carboxylic acids is 1. The van der Waals surface area contributed by atoms with Gasteiger partial charge >= 0.3 is 5.97 Å². The van der Waals surface area contributed by atoms with E-state index in [9.17, 15) is 4.79 Å². The molecule has 2 rings (SSSR count). The number of carboxylic acids is 1. The van der Waals surface area contributed by atoms with Gasteiger partial charge in [-0.1, -0.05) is 18.2 Å². The van der Waals surface area contributed by atoms with E-state index in [2.05, 4.69) is 15.3 Å². The van der Waals surface area contributed by atoms with Crippen molar-refractivity contribution in [1.82, 2.24) is 15.3 Å². The number of carboxylic acid groups (broad SMARTS) is 1. The monoisotopic (exact) mass is 287 g/mol. The Morgan fingerprint density at radius 1 is 1.43 bits per heavy atom. The number of hydrogen-bond donors (Lipinski definition) is 2. The molecule has 0 unspecified atom stereocenters. The van der Waals surface area contributed by atoms with E-state index in [1.165, 1.54) is 12.5 Å². The van der Waals surface area contributed by atoms with Crippen LogP contribution in [0.4, 0.5) is 0 Å². The average molecular weight is 287 g/mol. The van der Waals surface area contributed by atoms with Crippen molar-refractivity contribution in [3.63, 3.8) is 0 Å². The van der Waals surface area contributed by atoms with Crippen LogP contribution in [0.5, 0.6) is 5.75 Å². The van der Waals surface area contributed by atoms with Crippen molar-refractivity contribution in [3.05, 3.63) is 53.6 Å². The van der Waals surface area contributed by atoms with Crippen LogP contribution in [0.1, 0.15) is 34.6 Å². The van der Waals surface area contributed by atoms with Crippen LogP contribution in [-0.4, -0.2) is 28.2 Å². The van der Waals surface area contributed by atoms with Crippen molar-refractivity contribution < 1.29 is 14.6 Å². The highest BCUT2D eigenvalue weighted by Gasteiger charge is 2.14. The molecule has 21 heavy (non-hydrogen) atoms. The minimum Gasteiger partial charge on any atom is -0.496 e. The number of nitrogens with zero attached hydrogens (tertiary/aromatic N) is 2. The molecule has 1 aromatic carbocycles. The summed E-state index contributed by atoms with van der Waals surface area (Å²) in [6.45, 7) is 2.32. The number of nitrogens with one attached hydrogen (secondary N) is 1. The van der Waals surface area contributed by atoms with Gasteiger partial charge in [0.2, 0.25) is 0 Å². The van der Waals surface area contributed by atoms with Crippen LogP contribution in [0.3, 0.4) is 0 Å². The normalized spacial score (nSPS) is 11.9. The molecule has 1 atom stereocenters. The number of carbonyl (C=O) groups is 1. The number of rotatable bonds is 6. The molecule has 1 aromatic heterocycles. The fourth-order valence-electron chi connectivity index (χ4n) is 2.06. The van der Waals surface area contributed by atoms with Gasteiger partial charge in [0.1, 0.15) is 17.6 Å². The molecule has 0 spiro atoms. The van der Waals surface area contributed by atoms with Crippen LogP contribution in [0.15, 0.2) is 36.8 Å². The lowest BCUT2D eigenvalue weighted by Gasteiger charge is -2.17. The topological polar surface area (TPSA) is 84.3 Å². The summed E-state index contributed by atoms with van der Waals surface area (Å²) in [7, 11) is 1.62. The van der Waals surface area contributed by atoms with Gasteiger partial charge in [0.25, 0.3) is 0 Å². The van der Waals surface area contributed by atoms with E-state index in [4.69, 9.17) is 9.84 Å². The Hall–Kier alpha value is -2.47. The van der Waals surface area contributed by atoms with E-state index >= 15 is 0 Å². The first-order chi connectivity index (χ1) is 10.1. The van der Waals surface area contributed by atoms with Crippen LogP contribution in [0, 0.1) is 0 Å². The molecule has 0 bridgehead atoms. The SMILES string of the molecule is COc1ccccc1[C@@H](C)NCc1ncncc1C(=O)O. The zero-order valence-corrected chi connectivity index (χ0v) is 11.9. The Bertz CT molecular complexity index is 631. The molecule has 6 nitrogen and oxygen atoms in total. The number of aromatic nitrogens is 2. The van der Waals surface area contributed by atoms with Crippen LogP contribution < -0.4 is 10.1 Å². The van der Waals surface area contributed by atoms with Crippen molar-refractivity contribution in [1.29, 1.82) is 0 Å². The summed E-state index contributed by atoms with van der Waals surface area (Å²) in [6.07, 6.45) is 2.65. The zero-order valence-electron chi connectivity index (χ0n) is 11.9. The van der Waals surface area contributed by atoms with Gasteiger partial charge in [-0.25, -0.2) is 14.8 Å². The molecule has 110 valence electrons. The molecule has 0 radical (unpaired) electrons. The second-order valence-corrected chi connectivity index (χ2v) is 4.53. The number of hydrogen-bond acceptors (Lipinski definition) is 5. The van der Waals surface area contributed by atoms with E-state index in [1.807, 2.05) is 31.2 Å². The molecule has 0 amide bonds. The van der Waals surface area contributed by atoms with E-state index in [-0.39, 0.29) is 11.6 Å². The van der Waals surface area contributed by atoms with E-state index in [0.29, 0.717) is 12.2 Å². The first-order valence-electron chi connectivity index (χ1n) is 6.52. The lowest BCUT2D eigenvalue weighted by atomic mass is 10.1. The molecule has 2 aromatic rings. The summed E-state index contributed by atoms with van der Waals surface area (Å²) in [6, 6.07) is 7.69. The molecule has 6 heteroatoms. The predicted molar refractivity (Wildman–Crippen MR) is 77.2 cm³/mol. The minimum absolute atomic E-state index is 0.00207. The van der Waals surface area contributed by atoms with Gasteiger partial charge in [0, 0.05) is 24.3 Å². The molecule has 0 aliphatic rings. The second-order valence-electron chi connectivity index (χ2n) is 4.53. The Morgan fingerprint density at radius 2 is 2.19 bits per heavy atom. The van der Waals surface area contributed by atoms with Crippen LogP contribution in [0.25, 0.3) is 0 Å². The standard InChI is InChI=1S/C15H17N3O3/c1-10(11-5-3-4-6-14(11)21-2)17-8-13-12(15(19)20)7-16-9-18-13/h3-7,9-10,17H,8H2,1-2H3,(H,19,20)/t10-/m1/s1. The Balaban J connectivity index is 2.11. The molecular weight excluding hydrogens is 270 g/mol. The maximum Gasteiger partial charge on any atom is 0.339 e. The second kappa shape index (κ2) is 6.81. The van der Waals surface area contributed by atoms with Gasteiger partial charge < -0.3 is 15.2 Å². The van der Waals surface area contributed by atoms with Gasteiger partial charge in [-0.05, 0) is 13.0 Å². The summed E-state index contributed by atoms with van der Waals surface area (Å²) in [5, 5.41) is 12.4. The summed E-state index contributed by atoms with van der Waals surface area (Å²) in [4.78, 5) is 18.9. The van der Waals surface area contributed by atoms with Gasteiger partial charge in [-0.3, -0.25) is 0 Å². The van der Waals surface area contributed by atoms with Crippen molar-refractivity contribution in [2.75, 3.05) is 7.11 Å². The van der Waals surface area contributed by atoms with Gasteiger partial charge in [0.15, 0.2) is 0 Å².